The first kappa shape index (κ1) is 12.6. The SMILES string of the molecule is CC(C)(C)NP(O)(=S)C(C)(C)C. The topological polar surface area (TPSA) is 32.3 Å². The predicted octanol–water partition coefficient (Wildman–Crippen LogP) is 2.47. The van der Waals surface area contributed by atoms with Gasteiger partial charge in [-0.1, -0.05) is 20.8 Å². The van der Waals surface area contributed by atoms with Crippen LogP contribution in [0.4, 0.5) is 0 Å². The van der Waals surface area contributed by atoms with Crippen molar-refractivity contribution in [2.45, 2.75) is 52.2 Å². The number of rotatable bonds is 1. The molecule has 0 aliphatic carbocycles. The van der Waals surface area contributed by atoms with Crippen LogP contribution in [-0.2, 0) is 11.8 Å². The molecule has 0 aromatic carbocycles. The van der Waals surface area contributed by atoms with Crippen molar-refractivity contribution in [3.8, 4) is 0 Å². The fraction of sp³-hybridized carbons (Fsp3) is 1.00. The lowest BCUT2D eigenvalue weighted by atomic mass is 10.1. The molecule has 0 aliphatic heterocycles. The zero-order valence-corrected chi connectivity index (χ0v) is 10.5. The van der Waals surface area contributed by atoms with Crippen LogP contribution in [0.1, 0.15) is 41.5 Å². The molecular formula is C8H20NOPS. The molecule has 0 saturated carbocycles. The molecule has 1 unspecified atom stereocenters. The van der Waals surface area contributed by atoms with E-state index in [1.54, 1.807) is 0 Å². The van der Waals surface area contributed by atoms with E-state index < -0.39 is 6.42 Å². The van der Waals surface area contributed by atoms with Gasteiger partial charge in [0.05, 0.1) is 0 Å². The molecule has 1 atom stereocenters. The van der Waals surface area contributed by atoms with E-state index in [0.717, 1.165) is 0 Å². The third kappa shape index (κ3) is 3.99. The van der Waals surface area contributed by atoms with Crippen molar-refractivity contribution >= 4 is 18.2 Å². The molecule has 0 rings (SSSR count). The first-order valence-corrected chi connectivity index (χ1v) is 6.83. The second-order valence-electron chi connectivity index (χ2n) is 5.11. The van der Waals surface area contributed by atoms with Crippen LogP contribution in [0.2, 0.25) is 0 Å². The van der Waals surface area contributed by atoms with Gasteiger partial charge in [-0.3, -0.25) is 5.09 Å². The summed E-state index contributed by atoms with van der Waals surface area (Å²) in [5.74, 6) is 0. The van der Waals surface area contributed by atoms with Gasteiger partial charge >= 0.3 is 0 Å². The zero-order chi connectivity index (χ0) is 10.2. The maximum atomic E-state index is 10.0. The van der Waals surface area contributed by atoms with E-state index in [1.807, 2.05) is 41.5 Å². The van der Waals surface area contributed by atoms with Crippen LogP contribution in [0.15, 0.2) is 0 Å². The highest BCUT2D eigenvalue weighted by molar-refractivity contribution is 8.11. The minimum absolute atomic E-state index is 0.114. The standard InChI is InChI=1S/C8H20NOPS/c1-7(2,3)9-11(10,12)8(4,5)6/h1-6H3,(H2,9,10,12). The van der Waals surface area contributed by atoms with Crippen molar-refractivity contribution in [3.05, 3.63) is 0 Å². The van der Waals surface area contributed by atoms with E-state index in [-0.39, 0.29) is 10.7 Å². The van der Waals surface area contributed by atoms with Gasteiger partial charge in [0.15, 0.2) is 0 Å². The summed E-state index contributed by atoms with van der Waals surface area (Å²) in [5.41, 5.74) is -0.114. The first-order chi connectivity index (χ1) is 4.96. The molecule has 2 N–H and O–H groups in total. The molecule has 0 aromatic rings. The number of nitrogens with one attached hydrogen (secondary N) is 1. The van der Waals surface area contributed by atoms with Crippen LogP contribution < -0.4 is 5.09 Å². The molecule has 0 spiro atoms. The lowest BCUT2D eigenvalue weighted by molar-refractivity contribution is 0.470. The van der Waals surface area contributed by atoms with Crippen molar-refractivity contribution in [2.75, 3.05) is 0 Å². The second-order valence-corrected chi connectivity index (χ2v) is 9.41. The van der Waals surface area contributed by atoms with Gasteiger partial charge in [0, 0.05) is 10.7 Å². The van der Waals surface area contributed by atoms with Gasteiger partial charge in [-0.2, -0.15) is 0 Å². The number of hydrogen-bond acceptors (Lipinski definition) is 1. The molecule has 0 amide bonds. The van der Waals surface area contributed by atoms with E-state index in [1.165, 1.54) is 0 Å². The monoisotopic (exact) mass is 209 g/mol. The Kier molecular flexibility index (Phi) is 3.54. The third-order valence-corrected chi connectivity index (χ3v) is 6.11. The zero-order valence-electron chi connectivity index (χ0n) is 8.80. The summed E-state index contributed by atoms with van der Waals surface area (Å²) in [5, 5.41) is 2.89. The summed E-state index contributed by atoms with van der Waals surface area (Å²) >= 11 is 5.18. The van der Waals surface area contributed by atoms with E-state index in [9.17, 15) is 4.89 Å². The third-order valence-electron chi connectivity index (χ3n) is 1.40. The molecule has 0 saturated heterocycles. The van der Waals surface area contributed by atoms with Crippen molar-refractivity contribution in [1.29, 1.82) is 0 Å². The van der Waals surface area contributed by atoms with Crippen molar-refractivity contribution < 1.29 is 4.89 Å². The minimum atomic E-state index is -2.41. The smallest absolute Gasteiger partial charge is 0.132 e. The van der Waals surface area contributed by atoms with Crippen LogP contribution in [-0.4, -0.2) is 15.6 Å². The Morgan fingerprint density at radius 2 is 1.42 bits per heavy atom. The summed E-state index contributed by atoms with van der Waals surface area (Å²) in [6, 6.07) is 0. The maximum absolute atomic E-state index is 10.0. The molecule has 74 valence electrons. The molecule has 0 aromatic heterocycles. The Morgan fingerprint density at radius 3 is 1.50 bits per heavy atom. The molecule has 0 heterocycles. The summed E-state index contributed by atoms with van der Waals surface area (Å²) in [7, 11) is 0. The molecule has 12 heavy (non-hydrogen) atoms. The van der Waals surface area contributed by atoms with Crippen LogP contribution in [0.25, 0.3) is 0 Å². The Bertz CT molecular complexity index is 202. The molecule has 0 aliphatic rings. The lowest BCUT2D eigenvalue weighted by Gasteiger charge is -2.36. The highest BCUT2D eigenvalue weighted by atomic mass is 32.4. The van der Waals surface area contributed by atoms with Crippen LogP contribution in [0, 0.1) is 0 Å². The average molecular weight is 209 g/mol. The van der Waals surface area contributed by atoms with Crippen molar-refractivity contribution in [2.24, 2.45) is 0 Å². The van der Waals surface area contributed by atoms with E-state index >= 15 is 0 Å². The lowest BCUT2D eigenvalue weighted by Crippen LogP contribution is -2.38. The van der Waals surface area contributed by atoms with E-state index in [4.69, 9.17) is 11.8 Å². The first-order valence-electron chi connectivity index (χ1n) is 4.08. The molecule has 0 fully saturated rings. The second kappa shape index (κ2) is 3.38. The normalized spacial score (nSPS) is 18.9. The minimum Gasteiger partial charge on any atom is -0.353 e. The maximum Gasteiger partial charge on any atom is 0.132 e. The van der Waals surface area contributed by atoms with Gasteiger partial charge in [-0.15, -0.1) is 0 Å². The Balaban J connectivity index is 4.57. The molecular weight excluding hydrogens is 189 g/mol. The molecule has 0 radical (unpaired) electrons. The Hall–Kier alpha value is 0.570. The highest BCUT2D eigenvalue weighted by Crippen LogP contribution is 2.51. The summed E-state index contributed by atoms with van der Waals surface area (Å²) in [4.78, 5) is 10.0. The van der Waals surface area contributed by atoms with Gasteiger partial charge in [0.1, 0.15) is 6.42 Å². The number of hydrogen-bond donors (Lipinski definition) is 2. The van der Waals surface area contributed by atoms with Gasteiger partial charge < -0.3 is 4.89 Å². The molecule has 4 heteroatoms. The fourth-order valence-corrected chi connectivity index (χ4v) is 2.69. The highest BCUT2D eigenvalue weighted by Gasteiger charge is 2.32. The van der Waals surface area contributed by atoms with Crippen LogP contribution >= 0.6 is 6.42 Å². The Morgan fingerprint density at radius 1 is 1.08 bits per heavy atom. The van der Waals surface area contributed by atoms with Crippen LogP contribution in [0.5, 0.6) is 0 Å². The predicted molar refractivity (Wildman–Crippen MR) is 59.1 cm³/mol. The molecule has 2 nitrogen and oxygen atoms in total. The fourth-order valence-electron chi connectivity index (χ4n) is 0.622. The van der Waals surface area contributed by atoms with Gasteiger partial charge in [0.2, 0.25) is 0 Å². The Labute approximate surface area is 80.9 Å². The quantitative estimate of drug-likeness (QED) is 0.651. The molecule has 0 bridgehead atoms. The van der Waals surface area contributed by atoms with Gasteiger partial charge in [-0.25, -0.2) is 0 Å². The summed E-state index contributed by atoms with van der Waals surface area (Å²) in [6.07, 6.45) is -2.41. The van der Waals surface area contributed by atoms with Crippen LogP contribution in [0.3, 0.4) is 0 Å². The van der Waals surface area contributed by atoms with Gasteiger partial charge in [-0.05, 0) is 32.6 Å². The summed E-state index contributed by atoms with van der Waals surface area (Å²) < 4.78 is 0. The summed E-state index contributed by atoms with van der Waals surface area (Å²) in [6.45, 7) is 11.9. The van der Waals surface area contributed by atoms with Gasteiger partial charge in [0.25, 0.3) is 0 Å². The largest absolute Gasteiger partial charge is 0.353 e. The van der Waals surface area contributed by atoms with Crippen molar-refractivity contribution in [3.63, 3.8) is 0 Å². The van der Waals surface area contributed by atoms with E-state index in [2.05, 4.69) is 5.09 Å². The average Bonchev–Trinajstić information content (AvgIpc) is 1.52. The van der Waals surface area contributed by atoms with E-state index in [0.29, 0.717) is 0 Å². The van der Waals surface area contributed by atoms with Crippen molar-refractivity contribution in [1.82, 2.24) is 5.09 Å².